The molecule has 1 unspecified atom stereocenters. The number of H-pyrrole nitrogens is 1. The molecule has 4 rings (SSSR count). The van der Waals surface area contributed by atoms with Gasteiger partial charge in [0, 0.05) is 30.8 Å². The standard InChI is InChI=1S/C16H17N5O3/c1-10-14-12(8-13(22)20(10)9-11-4-2-7-24-11)19-21(15(14)23)16-17-5-3-6-18-16/h3,5-6,8,11,19H,2,4,7,9H2,1H3. The average Bonchev–Trinajstić information content (AvgIpc) is 3.20. The van der Waals surface area contributed by atoms with E-state index in [0.29, 0.717) is 23.1 Å². The van der Waals surface area contributed by atoms with Crippen molar-refractivity contribution in [3.05, 3.63) is 50.9 Å². The third-order valence-corrected chi connectivity index (χ3v) is 4.38. The van der Waals surface area contributed by atoms with Crippen LogP contribution in [0.25, 0.3) is 16.9 Å². The van der Waals surface area contributed by atoms with Crippen LogP contribution in [0.5, 0.6) is 0 Å². The zero-order valence-corrected chi connectivity index (χ0v) is 13.2. The van der Waals surface area contributed by atoms with E-state index in [2.05, 4.69) is 15.1 Å². The number of aromatic nitrogens is 5. The van der Waals surface area contributed by atoms with E-state index in [0.717, 1.165) is 19.4 Å². The number of pyridine rings is 1. The lowest BCUT2D eigenvalue weighted by molar-refractivity contribution is 0.0958. The van der Waals surface area contributed by atoms with Crippen molar-refractivity contribution in [3.63, 3.8) is 0 Å². The van der Waals surface area contributed by atoms with Gasteiger partial charge in [0.1, 0.15) is 0 Å². The molecule has 24 heavy (non-hydrogen) atoms. The Kier molecular flexibility index (Phi) is 3.53. The number of nitrogens with zero attached hydrogens (tertiary/aromatic N) is 4. The first kappa shape index (κ1) is 14.8. The van der Waals surface area contributed by atoms with E-state index in [1.54, 1.807) is 30.0 Å². The number of rotatable bonds is 3. The minimum atomic E-state index is -0.269. The number of ether oxygens (including phenoxy) is 1. The van der Waals surface area contributed by atoms with Gasteiger partial charge < -0.3 is 9.30 Å². The molecule has 0 aromatic carbocycles. The highest BCUT2D eigenvalue weighted by Crippen LogP contribution is 2.17. The highest BCUT2D eigenvalue weighted by atomic mass is 16.5. The summed E-state index contributed by atoms with van der Waals surface area (Å²) in [4.78, 5) is 33.4. The summed E-state index contributed by atoms with van der Waals surface area (Å²) in [6.07, 6.45) is 5.08. The fourth-order valence-corrected chi connectivity index (χ4v) is 3.18. The Hall–Kier alpha value is -2.74. The lowest BCUT2D eigenvalue weighted by atomic mass is 10.2. The Morgan fingerprint density at radius 1 is 1.33 bits per heavy atom. The first-order chi connectivity index (χ1) is 11.6. The number of fused-ring (bicyclic) bond motifs is 1. The van der Waals surface area contributed by atoms with Crippen LogP contribution >= 0.6 is 0 Å². The second-order valence-electron chi connectivity index (χ2n) is 5.90. The van der Waals surface area contributed by atoms with E-state index >= 15 is 0 Å². The molecule has 3 aromatic rings. The van der Waals surface area contributed by atoms with Gasteiger partial charge in [0.2, 0.25) is 0 Å². The number of aryl methyl sites for hydroxylation is 1. The Morgan fingerprint density at radius 3 is 2.83 bits per heavy atom. The maximum Gasteiger partial charge on any atom is 0.283 e. The van der Waals surface area contributed by atoms with Crippen LogP contribution in [0.1, 0.15) is 18.5 Å². The third-order valence-electron chi connectivity index (χ3n) is 4.38. The SMILES string of the molecule is Cc1c2c(=O)n(-c3ncccn3)[nH]c2cc(=O)n1CC1CCCO1. The van der Waals surface area contributed by atoms with Crippen LogP contribution in [-0.4, -0.2) is 37.0 Å². The monoisotopic (exact) mass is 327 g/mol. The number of aromatic amines is 1. The van der Waals surface area contributed by atoms with Gasteiger partial charge in [-0.3, -0.25) is 14.7 Å². The molecule has 8 heteroatoms. The fraction of sp³-hybridized carbons (Fsp3) is 0.375. The van der Waals surface area contributed by atoms with E-state index in [-0.39, 0.29) is 23.2 Å². The summed E-state index contributed by atoms with van der Waals surface area (Å²) in [5.74, 6) is 0.247. The molecule has 0 aliphatic carbocycles. The van der Waals surface area contributed by atoms with Gasteiger partial charge in [-0.15, -0.1) is 0 Å². The van der Waals surface area contributed by atoms with Crippen LogP contribution < -0.4 is 11.1 Å². The largest absolute Gasteiger partial charge is 0.376 e. The second kappa shape index (κ2) is 5.72. The van der Waals surface area contributed by atoms with E-state index in [1.807, 2.05) is 0 Å². The molecule has 124 valence electrons. The minimum absolute atomic E-state index is 0.0254. The molecule has 3 aromatic heterocycles. The molecule has 8 nitrogen and oxygen atoms in total. The Balaban J connectivity index is 1.88. The van der Waals surface area contributed by atoms with Crippen LogP contribution in [0.2, 0.25) is 0 Å². The maximum absolute atomic E-state index is 12.8. The van der Waals surface area contributed by atoms with Crippen molar-refractivity contribution >= 4 is 10.9 Å². The predicted octanol–water partition coefficient (Wildman–Crippen LogP) is 0.758. The summed E-state index contributed by atoms with van der Waals surface area (Å²) in [5.41, 5.74) is 0.690. The molecule has 1 aliphatic rings. The molecule has 0 spiro atoms. The van der Waals surface area contributed by atoms with Gasteiger partial charge in [0.05, 0.1) is 23.6 Å². The van der Waals surface area contributed by atoms with Gasteiger partial charge in [-0.05, 0) is 25.8 Å². The van der Waals surface area contributed by atoms with Gasteiger partial charge in [0.15, 0.2) is 0 Å². The first-order valence-corrected chi connectivity index (χ1v) is 7.89. The lowest BCUT2D eigenvalue weighted by Gasteiger charge is -2.14. The quantitative estimate of drug-likeness (QED) is 0.766. The molecule has 1 fully saturated rings. The van der Waals surface area contributed by atoms with Crippen LogP contribution in [-0.2, 0) is 11.3 Å². The molecular formula is C16H17N5O3. The topological polar surface area (TPSA) is 94.8 Å². The normalized spacial score (nSPS) is 17.6. The van der Waals surface area contributed by atoms with E-state index in [1.165, 1.54) is 10.7 Å². The van der Waals surface area contributed by atoms with Crippen LogP contribution in [0.4, 0.5) is 0 Å². The summed E-state index contributed by atoms with van der Waals surface area (Å²) in [6, 6.07) is 3.12. The zero-order valence-electron chi connectivity index (χ0n) is 13.2. The third kappa shape index (κ3) is 2.35. The minimum Gasteiger partial charge on any atom is -0.376 e. The van der Waals surface area contributed by atoms with Crippen molar-refractivity contribution in [2.24, 2.45) is 0 Å². The van der Waals surface area contributed by atoms with Gasteiger partial charge >= 0.3 is 0 Å². The summed E-state index contributed by atoms with van der Waals surface area (Å²) < 4.78 is 8.49. The molecule has 1 atom stereocenters. The van der Waals surface area contributed by atoms with Crippen molar-refractivity contribution < 1.29 is 4.74 Å². The molecule has 0 amide bonds. The lowest BCUT2D eigenvalue weighted by Crippen LogP contribution is -2.28. The number of nitrogens with one attached hydrogen (secondary N) is 1. The molecule has 1 saturated heterocycles. The van der Waals surface area contributed by atoms with Gasteiger partial charge in [-0.25, -0.2) is 9.97 Å². The van der Waals surface area contributed by atoms with Crippen LogP contribution in [0.3, 0.4) is 0 Å². The van der Waals surface area contributed by atoms with Gasteiger partial charge in [0.25, 0.3) is 17.1 Å². The number of hydrogen-bond acceptors (Lipinski definition) is 5. The molecule has 0 bridgehead atoms. The number of hydrogen-bond donors (Lipinski definition) is 1. The van der Waals surface area contributed by atoms with Crippen molar-refractivity contribution in [2.75, 3.05) is 6.61 Å². The Labute approximate surface area is 136 Å². The molecule has 0 saturated carbocycles. The van der Waals surface area contributed by atoms with Crippen LogP contribution in [0.15, 0.2) is 34.1 Å². The van der Waals surface area contributed by atoms with Crippen molar-refractivity contribution in [1.82, 2.24) is 24.3 Å². The molecule has 0 radical (unpaired) electrons. The molecule has 4 heterocycles. The Bertz CT molecular complexity index is 996. The van der Waals surface area contributed by atoms with Crippen molar-refractivity contribution in [3.8, 4) is 5.95 Å². The highest BCUT2D eigenvalue weighted by molar-refractivity contribution is 5.80. The summed E-state index contributed by atoms with van der Waals surface area (Å²) in [5, 5.41) is 3.39. The van der Waals surface area contributed by atoms with E-state index in [4.69, 9.17) is 4.74 Å². The van der Waals surface area contributed by atoms with E-state index < -0.39 is 0 Å². The maximum atomic E-state index is 12.8. The molecule has 1 aliphatic heterocycles. The highest BCUT2D eigenvalue weighted by Gasteiger charge is 2.20. The average molecular weight is 327 g/mol. The predicted molar refractivity (Wildman–Crippen MR) is 87.5 cm³/mol. The smallest absolute Gasteiger partial charge is 0.283 e. The summed E-state index contributed by atoms with van der Waals surface area (Å²) in [6.45, 7) is 2.97. The van der Waals surface area contributed by atoms with E-state index in [9.17, 15) is 9.59 Å². The van der Waals surface area contributed by atoms with Crippen molar-refractivity contribution in [2.45, 2.75) is 32.4 Å². The second-order valence-corrected chi connectivity index (χ2v) is 5.90. The molecular weight excluding hydrogens is 310 g/mol. The zero-order chi connectivity index (χ0) is 16.7. The van der Waals surface area contributed by atoms with Gasteiger partial charge in [-0.1, -0.05) is 0 Å². The first-order valence-electron chi connectivity index (χ1n) is 7.89. The fourth-order valence-electron chi connectivity index (χ4n) is 3.18. The molecule has 1 N–H and O–H groups in total. The summed E-state index contributed by atoms with van der Waals surface area (Å²) >= 11 is 0. The van der Waals surface area contributed by atoms with Gasteiger partial charge in [-0.2, -0.15) is 4.68 Å². The van der Waals surface area contributed by atoms with Crippen LogP contribution in [0, 0.1) is 6.92 Å². The Morgan fingerprint density at radius 2 is 2.12 bits per heavy atom. The summed E-state index contributed by atoms with van der Waals surface area (Å²) in [7, 11) is 0. The van der Waals surface area contributed by atoms with Crippen molar-refractivity contribution in [1.29, 1.82) is 0 Å².